The minimum absolute atomic E-state index is 0.0548. The first kappa shape index (κ1) is 14.2. The Morgan fingerprint density at radius 1 is 1.14 bits per heavy atom. The molecule has 4 saturated carbocycles. The molecule has 4 aliphatic carbocycles. The fourth-order valence-corrected chi connectivity index (χ4v) is 5.39. The van der Waals surface area contributed by atoms with E-state index in [1.165, 1.54) is 32.1 Å². The molecule has 0 saturated heterocycles. The van der Waals surface area contributed by atoms with E-state index in [9.17, 15) is 9.59 Å². The first-order chi connectivity index (χ1) is 10.7. The maximum absolute atomic E-state index is 12.3. The quantitative estimate of drug-likeness (QED) is 0.802. The lowest BCUT2D eigenvalue weighted by atomic mass is 9.51. The second-order valence-corrected chi connectivity index (χ2v) is 7.58. The minimum Gasteiger partial charge on any atom is -0.470 e. The summed E-state index contributed by atoms with van der Waals surface area (Å²) in [6.07, 6.45) is 11.2. The zero-order valence-electron chi connectivity index (χ0n) is 12.9. The Kier molecular flexibility index (Phi) is 3.63. The van der Waals surface area contributed by atoms with Gasteiger partial charge in [0.05, 0.1) is 0 Å². The van der Waals surface area contributed by atoms with Crippen molar-refractivity contribution in [3.63, 3.8) is 0 Å². The highest BCUT2D eigenvalue weighted by molar-refractivity contribution is 6.01. The van der Waals surface area contributed by atoms with E-state index in [0.29, 0.717) is 18.8 Å². The van der Waals surface area contributed by atoms with E-state index in [4.69, 9.17) is 4.74 Å². The monoisotopic (exact) mass is 301 g/mol. The number of carbonyl (C=O) groups is 2. The van der Waals surface area contributed by atoms with E-state index in [0.717, 1.165) is 23.7 Å². The van der Waals surface area contributed by atoms with Crippen molar-refractivity contribution in [2.45, 2.75) is 44.9 Å². The maximum Gasteiger partial charge on any atom is 0.252 e. The van der Waals surface area contributed by atoms with Gasteiger partial charge >= 0.3 is 0 Å². The SMILES string of the molecule is O=C(COC1=NC(=O)CC=C1)CC1C2CC3CC(C2)CC1C3. The highest BCUT2D eigenvalue weighted by Gasteiger charge is 2.48. The Morgan fingerprint density at radius 2 is 1.82 bits per heavy atom. The lowest BCUT2D eigenvalue weighted by Gasteiger charge is -2.54. The van der Waals surface area contributed by atoms with E-state index in [1.807, 2.05) is 0 Å². The number of hydrogen-bond acceptors (Lipinski definition) is 3. The summed E-state index contributed by atoms with van der Waals surface area (Å²) in [6, 6.07) is 0. The molecular weight excluding hydrogens is 278 g/mol. The zero-order chi connectivity index (χ0) is 15.1. The summed E-state index contributed by atoms with van der Waals surface area (Å²) >= 11 is 0. The molecule has 4 nitrogen and oxygen atoms in total. The van der Waals surface area contributed by atoms with Gasteiger partial charge < -0.3 is 4.74 Å². The molecule has 1 amide bonds. The van der Waals surface area contributed by atoms with Crippen LogP contribution >= 0.6 is 0 Å². The van der Waals surface area contributed by atoms with Gasteiger partial charge in [0.1, 0.15) is 6.61 Å². The number of aliphatic imine (C=N–C) groups is 1. The van der Waals surface area contributed by atoms with Crippen LogP contribution in [0.3, 0.4) is 0 Å². The molecule has 0 unspecified atom stereocenters. The van der Waals surface area contributed by atoms with Gasteiger partial charge in [-0.15, -0.1) is 0 Å². The second-order valence-electron chi connectivity index (χ2n) is 7.58. The predicted molar refractivity (Wildman–Crippen MR) is 82.3 cm³/mol. The van der Waals surface area contributed by atoms with Crippen molar-refractivity contribution in [1.29, 1.82) is 0 Å². The Morgan fingerprint density at radius 3 is 2.45 bits per heavy atom. The minimum atomic E-state index is -0.203. The number of amides is 1. The predicted octanol–water partition coefficient (Wildman–Crippen LogP) is 2.92. The number of dihydropyridines is 1. The van der Waals surface area contributed by atoms with Crippen molar-refractivity contribution >= 4 is 17.6 Å². The van der Waals surface area contributed by atoms with E-state index in [1.54, 1.807) is 12.2 Å². The third-order valence-corrected chi connectivity index (χ3v) is 6.05. The van der Waals surface area contributed by atoms with Crippen LogP contribution < -0.4 is 0 Å². The standard InChI is InChI=1S/C18H23NO3/c20-15(10-22-18-3-1-2-17(21)19-18)9-16-13-5-11-4-12(7-13)8-14(16)6-11/h1,3,11-14,16H,2,4-10H2. The maximum atomic E-state index is 12.3. The number of ether oxygens (including phenoxy) is 1. The fourth-order valence-electron chi connectivity index (χ4n) is 5.39. The Hall–Kier alpha value is -1.45. The average Bonchev–Trinajstić information content (AvgIpc) is 2.48. The van der Waals surface area contributed by atoms with Crippen LogP contribution in [0, 0.1) is 29.6 Å². The summed E-state index contributed by atoms with van der Waals surface area (Å²) in [4.78, 5) is 27.3. The highest BCUT2D eigenvalue weighted by Crippen LogP contribution is 2.57. The number of rotatable bonds is 4. The van der Waals surface area contributed by atoms with Crippen molar-refractivity contribution in [2.24, 2.45) is 34.6 Å². The van der Waals surface area contributed by atoms with Crippen LogP contribution in [-0.2, 0) is 14.3 Å². The van der Waals surface area contributed by atoms with Crippen LogP contribution in [0.5, 0.6) is 0 Å². The molecular formula is C18H23NO3. The molecule has 1 aliphatic heterocycles. The largest absolute Gasteiger partial charge is 0.470 e. The molecule has 0 spiro atoms. The summed E-state index contributed by atoms with van der Waals surface area (Å²) in [7, 11) is 0. The molecule has 0 aromatic rings. The van der Waals surface area contributed by atoms with Gasteiger partial charge in [0.25, 0.3) is 5.91 Å². The van der Waals surface area contributed by atoms with E-state index < -0.39 is 0 Å². The van der Waals surface area contributed by atoms with Crippen LogP contribution in [0.4, 0.5) is 0 Å². The molecule has 22 heavy (non-hydrogen) atoms. The molecule has 1 heterocycles. The summed E-state index contributed by atoms with van der Waals surface area (Å²) in [5.74, 6) is 4.25. The lowest BCUT2D eigenvalue weighted by molar-refractivity contribution is -0.126. The first-order valence-electron chi connectivity index (χ1n) is 8.60. The van der Waals surface area contributed by atoms with Crippen LogP contribution in [0.2, 0.25) is 0 Å². The lowest BCUT2D eigenvalue weighted by Crippen LogP contribution is -2.45. The zero-order valence-corrected chi connectivity index (χ0v) is 12.9. The molecule has 5 rings (SSSR count). The second kappa shape index (κ2) is 5.64. The van der Waals surface area contributed by atoms with E-state index >= 15 is 0 Å². The van der Waals surface area contributed by atoms with Crippen molar-refractivity contribution in [3.8, 4) is 0 Å². The van der Waals surface area contributed by atoms with Gasteiger partial charge in [0, 0.05) is 12.8 Å². The summed E-state index contributed by atoms with van der Waals surface area (Å²) < 4.78 is 5.40. The number of ketones is 1. The van der Waals surface area contributed by atoms with Gasteiger partial charge in [-0.05, 0) is 67.8 Å². The Balaban J connectivity index is 1.31. The Labute approximate surface area is 131 Å². The average molecular weight is 301 g/mol. The molecule has 0 aromatic carbocycles. The molecule has 0 radical (unpaired) electrons. The van der Waals surface area contributed by atoms with Crippen LogP contribution in [0.15, 0.2) is 17.1 Å². The summed E-state index contributed by atoms with van der Waals surface area (Å²) in [6.45, 7) is 0.0548. The summed E-state index contributed by atoms with van der Waals surface area (Å²) in [5, 5.41) is 0. The van der Waals surface area contributed by atoms with Gasteiger partial charge in [0.15, 0.2) is 5.78 Å². The topological polar surface area (TPSA) is 55.7 Å². The van der Waals surface area contributed by atoms with Crippen LogP contribution in [0.1, 0.15) is 44.9 Å². The molecule has 0 aromatic heterocycles. The van der Waals surface area contributed by atoms with E-state index in [2.05, 4.69) is 4.99 Å². The van der Waals surface area contributed by atoms with Crippen molar-refractivity contribution in [2.75, 3.05) is 6.61 Å². The molecule has 4 heteroatoms. The number of Topliss-reactive ketones (excluding diaryl/α,β-unsaturated/α-hetero) is 1. The molecule has 0 atom stereocenters. The smallest absolute Gasteiger partial charge is 0.252 e. The number of carbonyl (C=O) groups excluding carboxylic acids is 2. The molecule has 4 bridgehead atoms. The van der Waals surface area contributed by atoms with E-state index in [-0.39, 0.29) is 24.2 Å². The molecule has 5 aliphatic rings. The molecule has 0 N–H and O–H groups in total. The Bertz CT molecular complexity index is 521. The normalized spacial score (nSPS) is 39.0. The molecule has 118 valence electrons. The first-order valence-corrected chi connectivity index (χ1v) is 8.60. The number of hydrogen-bond donors (Lipinski definition) is 0. The summed E-state index contributed by atoms with van der Waals surface area (Å²) in [5.41, 5.74) is 0. The van der Waals surface area contributed by atoms with Crippen molar-refractivity contribution in [3.05, 3.63) is 12.2 Å². The highest BCUT2D eigenvalue weighted by atomic mass is 16.5. The van der Waals surface area contributed by atoms with Crippen LogP contribution in [0.25, 0.3) is 0 Å². The fraction of sp³-hybridized carbons (Fsp3) is 0.722. The molecule has 4 fully saturated rings. The van der Waals surface area contributed by atoms with Gasteiger partial charge in [-0.2, -0.15) is 4.99 Å². The number of nitrogens with zero attached hydrogens (tertiary/aromatic N) is 1. The third kappa shape index (κ3) is 2.75. The van der Waals surface area contributed by atoms with Crippen molar-refractivity contribution < 1.29 is 14.3 Å². The van der Waals surface area contributed by atoms with Gasteiger partial charge in [0.2, 0.25) is 5.90 Å². The van der Waals surface area contributed by atoms with Gasteiger partial charge in [-0.25, -0.2) is 0 Å². The van der Waals surface area contributed by atoms with Gasteiger partial charge in [-0.3, -0.25) is 9.59 Å². The van der Waals surface area contributed by atoms with Gasteiger partial charge in [-0.1, -0.05) is 6.08 Å². The van der Waals surface area contributed by atoms with Crippen molar-refractivity contribution in [1.82, 2.24) is 0 Å². The van der Waals surface area contributed by atoms with Crippen LogP contribution in [-0.4, -0.2) is 24.2 Å². The third-order valence-electron chi connectivity index (χ3n) is 6.05.